The van der Waals surface area contributed by atoms with Crippen LogP contribution in [-0.2, 0) is 16.1 Å². The van der Waals surface area contributed by atoms with E-state index in [1.54, 1.807) is 20.2 Å². The summed E-state index contributed by atoms with van der Waals surface area (Å²) in [4.78, 5) is 15.8. The monoisotopic (exact) mass is 225 g/mol. The quantitative estimate of drug-likeness (QED) is 0.769. The van der Waals surface area contributed by atoms with Gasteiger partial charge in [-0.15, -0.1) is 0 Å². The fourth-order valence-corrected chi connectivity index (χ4v) is 1.42. The van der Waals surface area contributed by atoms with Crippen LogP contribution in [0.2, 0.25) is 0 Å². The zero-order valence-corrected chi connectivity index (χ0v) is 10.3. The number of aryl methyl sites for hydroxylation is 1. The fourth-order valence-electron chi connectivity index (χ4n) is 1.42. The van der Waals surface area contributed by atoms with Crippen LogP contribution in [0.4, 0.5) is 0 Å². The van der Waals surface area contributed by atoms with Gasteiger partial charge in [0.1, 0.15) is 5.54 Å². The SMILES string of the molecule is CCOC(=O)C(C)(N)Cn1cnc(C)c1C. The lowest BCUT2D eigenvalue weighted by molar-refractivity contribution is -0.149. The second kappa shape index (κ2) is 4.65. The minimum Gasteiger partial charge on any atom is -0.465 e. The van der Waals surface area contributed by atoms with Gasteiger partial charge in [0.05, 0.1) is 25.2 Å². The van der Waals surface area contributed by atoms with Crippen LogP contribution < -0.4 is 5.73 Å². The molecule has 1 unspecified atom stereocenters. The Kier molecular flexibility index (Phi) is 3.70. The summed E-state index contributed by atoms with van der Waals surface area (Å²) in [5.41, 5.74) is 6.87. The van der Waals surface area contributed by atoms with Crippen LogP contribution in [0, 0.1) is 13.8 Å². The molecule has 2 N–H and O–H groups in total. The Morgan fingerprint density at radius 3 is 2.69 bits per heavy atom. The van der Waals surface area contributed by atoms with Crippen molar-refractivity contribution in [3.8, 4) is 0 Å². The van der Waals surface area contributed by atoms with Gasteiger partial charge in [0.25, 0.3) is 0 Å². The predicted molar refractivity (Wildman–Crippen MR) is 60.9 cm³/mol. The highest BCUT2D eigenvalue weighted by Gasteiger charge is 2.30. The van der Waals surface area contributed by atoms with Crippen molar-refractivity contribution >= 4 is 5.97 Å². The van der Waals surface area contributed by atoms with Crippen molar-refractivity contribution in [1.29, 1.82) is 0 Å². The maximum Gasteiger partial charge on any atom is 0.327 e. The highest BCUT2D eigenvalue weighted by Crippen LogP contribution is 2.11. The molecule has 5 heteroatoms. The van der Waals surface area contributed by atoms with Crippen molar-refractivity contribution in [2.24, 2.45) is 5.73 Å². The van der Waals surface area contributed by atoms with E-state index >= 15 is 0 Å². The Hall–Kier alpha value is -1.36. The zero-order chi connectivity index (χ0) is 12.3. The van der Waals surface area contributed by atoms with Gasteiger partial charge in [-0.3, -0.25) is 0 Å². The van der Waals surface area contributed by atoms with Gasteiger partial charge in [0.2, 0.25) is 0 Å². The third-order valence-corrected chi connectivity index (χ3v) is 2.59. The molecule has 16 heavy (non-hydrogen) atoms. The lowest BCUT2D eigenvalue weighted by Crippen LogP contribution is -2.49. The summed E-state index contributed by atoms with van der Waals surface area (Å²) in [5, 5.41) is 0. The van der Waals surface area contributed by atoms with Crippen LogP contribution in [-0.4, -0.2) is 27.7 Å². The van der Waals surface area contributed by atoms with Crippen LogP contribution in [0.25, 0.3) is 0 Å². The number of rotatable bonds is 4. The number of carbonyl (C=O) groups is 1. The van der Waals surface area contributed by atoms with Gasteiger partial charge in [-0.25, -0.2) is 9.78 Å². The average Bonchev–Trinajstić information content (AvgIpc) is 2.50. The molecule has 5 nitrogen and oxygen atoms in total. The minimum absolute atomic E-state index is 0.341. The summed E-state index contributed by atoms with van der Waals surface area (Å²) < 4.78 is 6.80. The van der Waals surface area contributed by atoms with Crippen LogP contribution in [0.1, 0.15) is 25.2 Å². The molecule has 90 valence electrons. The Morgan fingerprint density at radius 1 is 1.62 bits per heavy atom. The Bertz CT molecular complexity index is 383. The van der Waals surface area contributed by atoms with E-state index in [0.29, 0.717) is 13.2 Å². The number of hydrogen-bond donors (Lipinski definition) is 1. The Balaban J connectivity index is 2.80. The van der Waals surface area contributed by atoms with E-state index in [9.17, 15) is 4.79 Å². The highest BCUT2D eigenvalue weighted by molar-refractivity contribution is 5.79. The summed E-state index contributed by atoms with van der Waals surface area (Å²) in [6, 6.07) is 0. The Labute approximate surface area is 95.6 Å². The molecule has 0 bridgehead atoms. The third kappa shape index (κ3) is 2.61. The van der Waals surface area contributed by atoms with Gasteiger partial charge in [-0.1, -0.05) is 0 Å². The van der Waals surface area contributed by atoms with E-state index < -0.39 is 5.54 Å². The molecule has 1 heterocycles. The summed E-state index contributed by atoms with van der Waals surface area (Å²) in [7, 11) is 0. The van der Waals surface area contributed by atoms with Crippen molar-refractivity contribution < 1.29 is 9.53 Å². The van der Waals surface area contributed by atoms with Crippen LogP contribution in [0.15, 0.2) is 6.33 Å². The molecule has 1 rings (SSSR count). The van der Waals surface area contributed by atoms with Gasteiger partial charge < -0.3 is 15.0 Å². The van der Waals surface area contributed by atoms with Gasteiger partial charge in [-0.2, -0.15) is 0 Å². The molecule has 1 aromatic rings. The first kappa shape index (κ1) is 12.7. The molecule has 0 saturated heterocycles. The first-order valence-corrected chi connectivity index (χ1v) is 5.33. The first-order valence-electron chi connectivity index (χ1n) is 5.33. The van der Waals surface area contributed by atoms with Crippen LogP contribution in [0.3, 0.4) is 0 Å². The smallest absolute Gasteiger partial charge is 0.327 e. The molecular weight excluding hydrogens is 206 g/mol. The summed E-state index contributed by atoms with van der Waals surface area (Å²) in [6.07, 6.45) is 1.69. The summed E-state index contributed by atoms with van der Waals surface area (Å²) >= 11 is 0. The topological polar surface area (TPSA) is 70.1 Å². The molecule has 0 aliphatic heterocycles. The summed E-state index contributed by atoms with van der Waals surface area (Å²) in [6.45, 7) is 8.01. The average molecular weight is 225 g/mol. The van der Waals surface area contributed by atoms with Crippen molar-refractivity contribution in [3.05, 3.63) is 17.7 Å². The Morgan fingerprint density at radius 2 is 2.25 bits per heavy atom. The number of nitrogens with two attached hydrogens (primary N) is 1. The molecule has 0 aliphatic carbocycles. The number of carbonyl (C=O) groups excluding carboxylic acids is 1. The van der Waals surface area contributed by atoms with Crippen molar-refractivity contribution in [2.45, 2.75) is 39.8 Å². The number of aromatic nitrogens is 2. The van der Waals surface area contributed by atoms with Gasteiger partial charge in [0, 0.05) is 5.69 Å². The zero-order valence-electron chi connectivity index (χ0n) is 10.3. The molecule has 0 aliphatic rings. The van der Waals surface area contributed by atoms with E-state index in [4.69, 9.17) is 10.5 Å². The van der Waals surface area contributed by atoms with Gasteiger partial charge in [-0.05, 0) is 27.7 Å². The highest BCUT2D eigenvalue weighted by atomic mass is 16.5. The van der Waals surface area contributed by atoms with Crippen LogP contribution >= 0.6 is 0 Å². The third-order valence-electron chi connectivity index (χ3n) is 2.59. The lowest BCUT2D eigenvalue weighted by Gasteiger charge is -2.23. The number of nitrogens with zero attached hydrogens (tertiary/aromatic N) is 2. The molecule has 0 aromatic carbocycles. The van der Waals surface area contributed by atoms with E-state index in [2.05, 4.69) is 4.98 Å². The normalized spacial score (nSPS) is 14.6. The van der Waals surface area contributed by atoms with Gasteiger partial charge >= 0.3 is 5.97 Å². The minimum atomic E-state index is -1.02. The molecule has 0 spiro atoms. The molecule has 1 aromatic heterocycles. The van der Waals surface area contributed by atoms with Crippen LogP contribution in [0.5, 0.6) is 0 Å². The van der Waals surface area contributed by atoms with E-state index in [-0.39, 0.29) is 5.97 Å². The van der Waals surface area contributed by atoms with E-state index in [0.717, 1.165) is 11.4 Å². The molecule has 1 atom stereocenters. The lowest BCUT2D eigenvalue weighted by atomic mass is 10.0. The van der Waals surface area contributed by atoms with E-state index in [1.807, 2.05) is 18.4 Å². The molecule has 0 amide bonds. The molecule has 0 radical (unpaired) electrons. The number of esters is 1. The molecular formula is C11H19N3O2. The molecule has 0 saturated carbocycles. The van der Waals surface area contributed by atoms with Gasteiger partial charge in [0.15, 0.2) is 0 Å². The second-order valence-corrected chi connectivity index (χ2v) is 4.18. The number of hydrogen-bond acceptors (Lipinski definition) is 4. The maximum absolute atomic E-state index is 11.6. The van der Waals surface area contributed by atoms with Crippen molar-refractivity contribution in [3.63, 3.8) is 0 Å². The first-order chi connectivity index (χ1) is 7.38. The van der Waals surface area contributed by atoms with Crippen molar-refractivity contribution in [2.75, 3.05) is 6.61 Å². The largest absolute Gasteiger partial charge is 0.465 e. The fraction of sp³-hybridized carbons (Fsp3) is 0.636. The van der Waals surface area contributed by atoms with E-state index in [1.165, 1.54) is 0 Å². The summed E-state index contributed by atoms with van der Waals surface area (Å²) in [5.74, 6) is -0.388. The number of imidazole rings is 1. The second-order valence-electron chi connectivity index (χ2n) is 4.18. The van der Waals surface area contributed by atoms with Crippen molar-refractivity contribution in [1.82, 2.24) is 9.55 Å². The predicted octanol–water partition coefficient (Wildman–Crippen LogP) is 0.780. The number of ether oxygens (including phenoxy) is 1. The standard InChI is InChI=1S/C11H19N3O2/c1-5-16-10(15)11(4,12)6-14-7-13-8(2)9(14)3/h7H,5-6,12H2,1-4H3. The molecule has 0 fully saturated rings. The maximum atomic E-state index is 11.6.